The molecule has 2 aromatic rings. The average molecular weight is 386 g/mol. The second kappa shape index (κ2) is 6.81. The Morgan fingerprint density at radius 2 is 1.78 bits per heavy atom. The number of nitrogens with zero attached hydrogens (tertiary/aromatic N) is 1. The topological polar surface area (TPSA) is 83.6 Å². The van der Waals surface area contributed by atoms with Crippen LogP contribution in [0, 0.1) is 0 Å². The Morgan fingerprint density at radius 3 is 2.41 bits per heavy atom. The molecule has 0 atom stereocenters. The Morgan fingerprint density at radius 1 is 1.07 bits per heavy atom. The fourth-order valence-corrected chi connectivity index (χ4v) is 4.53. The molecule has 0 radical (unpaired) electrons. The zero-order valence-corrected chi connectivity index (χ0v) is 16.3. The molecule has 1 aliphatic rings. The average Bonchev–Trinajstić information content (AvgIpc) is 2.87. The van der Waals surface area contributed by atoms with E-state index in [1.807, 2.05) is 24.3 Å². The summed E-state index contributed by atoms with van der Waals surface area (Å²) in [7, 11) is -3.66. The van der Waals surface area contributed by atoms with Crippen molar-refractivity contribution in [2.75, 3.05) is 15.4 Å². The van der Waals surface area contributed by atoms with Crippen LogP contribution in [-0.2, 0) is 20.2 Å². The number of amides is 2. The van der Waals surface area contributed by atoms with Crippen molar-refractivity contribution in [3.05, 3.63) is 59.7 Å². The van der Waals surface area contributed by atoms with Crippen LogP contribution in [0.2, 0.25) is 0 Å². The van der Waals surface area contributed by atoms with Crippen LogP contribution in [0.4, 0.5) is 11.4 Å². The lowest BCUT2D eigenvalue weighted by Gasteiger charge is -2.23. The lowest BCUT2D eigenvalue weighted by atomic mass is 9.86. The number of carbonyl (C=O) groups excluding carboxylic acids is 2. The lowest BCUT2D eigenvalue weighted by molar-refractivity contribution is -0.116. The van der Waals surface area contributed by atoms with Crippen molar-refractivity contribution in [2.24, 2.45) is 0 Å². The van der Waals surface area contributed by atoms with Gasteiger partial charge in [0.2, 0.25) is 15.9 Å². The van der Waals surface area contributed by atoms with Crippen LogP contribution >= 0.6 is 0 Å². The third kappa shape index (κ3) is 3.88. The highest BCUT2D eigenvalue weighted by molar-refractivity contribution is 7.94. The van der Waals surface area contributed by atoms with Gasteiger partial charge in [0.25, 0.3) is 5.91 Å². The Bertz CT molecular complexity index is 1010. The third-order valence-electron chi connectivity index (χ3n) is 4.40. The molecule has 6 nitrogen and oxygen atoms in total. The summed E-state index contributed by atoms with van der Waals surface area (Å²) < 4.78 is 25.0. The smallest absolute Gasteiger partial charge is 0.255 e. The van der Waals surface area contributed by atoms with E-state index in [9.17, 15) is 18.0 Å². The highest BCUT2D eigenvalue weighted by atomic mass is 32.2. The molecule has 0 bridgehead atoms. The predicted octanol–water partition coefficient (Wildman–Crippen LogP) is 3.30. The van der Waals surface area contributed by atoms with E-state index < -0.39 is 15.9 Å². The van der Waals surface area contributed by atoms with E-state index in [-0.39, 0.29) is 34.7 Å². The number of benzene rings is 2. The molecular weight excluding hydrogens is 364 g/mol. The maximum Gasteiger partial charge on any atom is 0.255 e. The molecule has 2 aromatic carbocycles. The van der Waals surface area contributed by atoms with E-state index in [0.717, 1.165) is 9.87 Å². The standard InChI is InChI=1S/C20H22N2O4S/c1-20(2,3)16-9-4-5-10-17(16)21-19(24)14-7-6-8-15(13-14)22-18(23)11-12-27(22,25)26/h4-10,13H,11-12H2,1-3H3,(H,21,24). The molecule has 1 fully saturated rings. The molecule has 0 aromatic heterocycles. The van der Waals surface area contributed by atoms with E-state index in [4.69, 9.17) is 0 Å². The molecule has 0 unspecified atom stereocenters. The minimum atomic E-state index is -3.66. The van der Waals surface area contributed by atoms with Crippen LogP contribution in [0.15, 0.2) is 48.5 Å². The zero-order chi connectivity index (χ0) is 19.8. The first kappa shape index (κ1) is 19.1. The maximum atomic E-state index is 12.7. The summed E-state index contributed by atoms with van der Waals surface area (Å²) in [6, 6.07) is 13.7. The molecule has 1 heterocycles. The molecule has 27 heavy (non-hydrogen) atoms. The quantitative estimate of drug-likeness (QED) is 0.877. The molecule has 2 amide bonds. The van der Waals surface area contributed by atoms with E-state index in [1.54, 1.807) is 12.1 Å². The molecule has 3 rings (SSSR count). The number of rotatable bonds is 3. The second-order valence-electron chi connectivity index (χ2n) is 7.52. The van der Waals surface area contributed by atoms with Gasteiger partial charge in [-0.05, 0) is 35.2 Å². The Balaban J connectivity index is 1.91. The molecule has 0 spiro atoms. The van der Waals surface area contributed by atoms with Gasteiger partial charge in [-0.25, -0.2) is 12.7 Å². The number of sulfonamides is 1. The van der Waals surface area contributed by atoms with E-state index in [1.165, 1.54) is 12.1 Å². The van der Waals surface area contributed by atoms with Crippen molar-refractivity contribution < 1.29 is 18.0 Å². The van der Waals surface area contributed by atoms with Crippen molar-refractivity contribution in [2.45, 2.75) is 32.6 Å². The predicted molar refractivity (Wildman–Crippen MR) is 105 cm³/mol. The number of anilines is 2. The van der Waals surface area contributed by atoms with Crippen LogP contribution in [0.25, 0.3) is 0 Å². The molecule has 1 saturated heterocycles. The fraction of sp³-hybridized carbons (Fsp3) is 0.300. The highest BCUT2D eigenvalue weighted by Crippen LogP contribution is 2.30. The van der Waals surface area contributed by atoms with Gasteiger partial charge in [-0.15, -0.1) is 0 Å². The van der Waals surface area contributed by atoms with Crippen LogP contribution in [0.1, 0.15) is 43.1 Å². The van der Waals surface area contributed by atoms with Gasteiger partial charge in [-0.2, -0.15) is 0 Å². The van der Waals surface area contributed by atoms with Crippen LogP contribution in [-0.4, -0.2) is 26.0 Å². The van der Waals surface area contributed by atoms with Crippen molar-refractivity contribution in [1.29, 1.82) is 0 Å². The van der Waals surface area contributed by atoms with Crippen LogP contribution < -0.4 is 9.62 Å². The summed E-state index contributed by atoms with van der Waals surface area (Å²) in [6.07, 6.45) is -0.0439. The van der Waals surface area contributed by atoms with Gasteiger partial charge in [-0.3, -0.25) is 9.59 Å². The minimum absolute atomic E-state index is 0.0439. The van der Waals surface area contributed by atoms with Gasteiger partial charge in [0, 0.05) is 17.7 Å². The van der Waals surface area contributed by atoms with Crippen LogP contribution in [0.5, 0.6) is 0 Å². The van der Waals surface area contributed by atoms with Gasteiger partial charge in [0.1, 0.15) is 0 Å². The number of hydrogen-bond donors (Lipinski definition) is 1. The highest BCUT2D eigenvalue weighted by Gasteiger charge is 2.36. The summed E-state index contributed by atoms with van der Waals surface area (Å²) in [5.41, 5.74) is 2.01. The SMILES string of the molecule is CC(C)(C)c1ccccc1NC(=O)c1cccc(N2C(=O)CCS2(=O)=O)c1. The molecule has 142 valence electrons. The van der Waals surface area contributed by atoms with E-state index >= 15 is 0 Å². The third-order valence-corrected chi connectivity index (χ3v) is 6.10. The Kier molecular flexibility index (Phi) is 4.82. The van der Waals surface area contributed by atoms with Crippen molar-refractivity contribution >= 4 is 33.2 Å². The van der Waals surface area contributed by atoms with E-state index in [2.05, 4.69) is 26.1 Å². The van der Waals surface area contributed by atoms with Gasteiger partial charge < -0.3 is 5.32 Å². The molecule has 1 N–H and O–H groups in total. The maximum absolute atomic E-state index is 12.7. The lowest BCUT2D eigenvalue weighted by Crippen LogP contribution is -2.29. The number of nitrogens with one attached hydrogen (secondary N) is 1. The van der Waals surface area contributed by atoms with Crippen molar-refractivity contribution in [3.8, 4) is 0 Å². The van der Waals surface area contributed by atoms with Gasteiger partial charge in [0.05, 0.1) is 11.4 Å². The minimum Gasteiger partial charge on any atom is -0.322 e. The number of hydrogen-bond acceptors (Lipinski definition) is 4. The normalized spacial score (nSPS) is 16.4. The Labute approximate surface area is 159 Å². The molecule has 7 heteroatoms. The summed E-state index contributed by atoms with van der Waals surface area (Å²) >= 11 is 0. The number of para-hydroxylation sites is 1. The van der Waals surface area contributed by atoms with Gasteiger partial charge in [0.15, 0.2) is 0 Å². The molecular formula is C20H22N2O4S. The summed E-state index contributed by atoms with van der Waals surface area (Å²) in [5.74, 6) is -1.05. The summed E-state index contributed by atoms with van der Waals surface area (Å²) in [4.78, 5) is 24.7. The van der Waals surface area contributed by atoms with Gasteiger partial charge in [-0.1, -0.05) is 45.0 Å². The van der Waals surface area contributed by atoms with Crippen LogP contribution in [0.3, 0.4) is 0 Å². The van der Waals surface area contributed by atoms with Crippen molar-refractivity contribution in [3.63, 3.8) is 0 Å². The first-order valence-electron chi connectivity index (χ1n) is 8.66. The molecule has 0 aliphatic carbocycles. The van der Waals surface area contributed by atoms with Crippen molar-refractivity contribution in [1.82, 2.24) is 0 Å². The van der Waals surface area contributed by atoms with E-state index in [0.29, 0.717) is 5.69 Å². The monoisotopic (exact) mass is 386 g/mol. The fourth-order valence-electron chi connectivity index (χ4n) is 3.08. The largest absolute Gasteiger partial charge is 0.322 e. The summed E-state index contributed by atoms with van der Waals surface area (Å²) in [6.45, 7) is 6.17. The zero-order valence-electron chi connectivity index (χ0n) is 15.5. The molecule has 1 aliphatic heterocycles. The first-order chi connectivity index (χ1) is 12.6. The number of carbonyl (C=O) groups is 2. The first-order valence-corrected chi connectivity index (χ1v) is 10.3. The summed E-state index contributed by atoms with van der Waals surface area (Å²) in [5, 5.41) is 2.89. The van der Waals surface area contributed by atoms with Gasteiger partial charge >= 0.3 is 0 Å². The second-order valence-corrected chi connectivity index (χ2v) is 9.46. The Hall–Kier alpha value is -2.67. The molecule has 0 saturated carbocycles.